The van der Waals surface area contributed by atoms with Crippen LogP contribution in [-0.4, -0.2) is 24.8 Å². The lowest BCUT2D eigenvalue weighted by Gasteiger charge is -2.37. The van der Waals surface area contributed by atoms with Crippen LogP contribution in [0.1, 0.15) is 65.7 Å². The molecule has 2 nitrogen and oxygen atoms in total. The molecule has 3 fully saturated rings. The van der Waals surface area contributed by atoms with Gasteiger partial charge in [-0.05, 0) is 68.7 Å². The number of hydrogen-bond acceptors (Lipinski definition) is 2. The summed E-state index contributed by atoms with van der Waals surface area (Å²) in [6.45, 7) is 8.45. The lowest BCUT2D eigenvalue weighted by Crippen LogP contribution is -2.41. The minimum absolute atomic E-state index is 0.511. The van der Waals surface area contributed by atoms with Crippen molar-refractivity contribution in [3.05, 3.63) is 0 Å². The summed E-state index contributed by atoms with van der Waals surface area (Å²) in [6.07, 6.45) is 10.7. The zero-order valence-electron chi connectivity index (χ0n) is 13.0. The normalized spacial score (nSPS) is 42.8. The first-order valence-electron chi connectivity index (χ1n) is 8.41. The van der Waals surface area contributed by atoms with Gasteiger partial charge in [0.05, 0.1) is 12.2 Å². The largest absolute Gasteiger partial charge is 0.373 e. The van der Waals surface area contributed by atoms with Gasteiger partial charge in [-0.15, -0.1) is 0 Å². The molecule has 3 aliphatic rings. The number of nitrogens with one attached hydrogen (secondary N) is 1. The second kappa shape index (κ2) is 5.37. The summed E-state index contributed by atoms with van der Waals surface area (Å²) >= 11 is 0. The van der Waals surface area contributed by atoms with E-state index >= 15 is 0 Å². The van der Waals surface area contributed by atoms with E-state index < -0.39 is 0 Å². The van der Waals surface area contributed by atoms with Crippen LogP contribution >= 0.6 is 0 Å². The highest BCUT2D eigenvalue weighted by Crippen LogP contribution is 2.40. The fourth-order valence-electron chi connectivity index (χ4n) is 4.40. The quantitative estimate of drug-likeness (QED) is 0.839. The third kappa shape index (κ3) is 3.16. The molecule has 2 heteroatoms. The molecule has 19 heavy (non-hydrogen) atoms. The van der Waals surface area contributed by atoms with Crippen molar-refractivity contribution in [1.82, 2.24) is 5.32 Å². The van der Waals surface area contributed by atoms with Crippen LogP contribution in [-0.2, 0) is 4.74 Å². The van der Waals surface area contributed by atoms with Crippen molar-refractivity contribution in [3.63, 3.8) is 0 Å². The summed E-state index contributed by atoms with van der Waals surface area (Å²) in [5.41, 5.74) is 0.511. The van der Waals surface area contributed by atoms with Crippen molar-refractivity contribution < 1.29 is 4.74 Å². The third-order valence-electron chi connectivity index (χ3n) is 5.85. The van der Waals surface area contributed by atoms with Crippen LogP contribution in [0.4, 0.5) is 0 Å². The summed E-state index contributed by atoms with van der Waals surface area (Å²) in [4.78, 5) is 0. The number of ether oxygens (including phenoxy) is 1. The van der Waals surface area contributed by atoms with Gasteiger partial charge in [0.25, 0.3) is 0 Å². The minimum atomic E-state index is 0.511. The highest BCUT2D eigenvalue weighted by atomic mass is 16.5. The fourth-order valence-corrected chi connectivity index (χ4v) is 4.40. The van der Waals surface area contributed by atoms with E-state index in [9.17, 15) is 0 Å². The van der Waals surface area contributed by atoms with E-state index in [1.54, 1.807) is 0 Å². The predicted octanol–water partition coefficient (Wildman–Crippen LogP) is 3.75. The van der Waals surface area contributed by atoms with Crippen LogP contribution in [0.3, 0.4) is 0 Å². The predicted molar refractivity (Wildman–Crippen MR) is 79.2 cm³/mol. The fraction of sp³-hybridized carbons (Fsp3) is 1.00. The Morgan fingerprint density at radius 2 is 1.74 bits per heavy atom. The average molecular weight is 265 g/mol. The Morgan fingerprint density at radius 1 is 1.00 bits per heavy atom. The van der Waals surface area contributed by atoms with E-state index in [4.69, 9.17) is 4.74 Å². The highest BCUT2D eigenvalue weighted by molar-refractivity contribution is 4.94. The Balaban J connectivity index is 1.39. The van der Waals surface area contributed by atoms with Crippen LogP contribution in [0.2, 0.25) is 0 Å². The van der Waals surface area contributed by atoms with E-state index in [-0.39, 0.29) is 0 Å². The molecule has 2 heterocycles. The molecule has 3 unspecified atom stereocenters. The van der Waals surface area contributed by atoms with E-state index in [1.807, 2.05) is 0 Å². The van der Waals surface area contributed by atoms with Gasteiger partial charge in [-0.1, -0.05) is 20.8 Å². The SMILES string of the molecule is CC(C)(C)C1CCC(CNC2CC3CCC2O3)CC1. The Morgan fingerprint density at radius 3 is 2.26 bits per heavy atom. The molecule has 2 aliphatic heterocycles. The molecule has 0 aromatic carbocycles. The Hall–Kier alpha value is -0.0800. The van der Waals surface area contributed by atoms with Crippen molar-refractivity contribution in [2.45, 2.75) is 84.0 Å². The monoisotopic (exact) mass is 265 g/mol. The Kier molecular flexibility index (Phi) is 3.92. The second-order valence-electron chi connectivity index (χ2n) is 8.21. The summed E-state index contributed by atoms with van der Waals surface area (Å²) in [5.74, 6) is 1.85. The lowest BCUT2D eigenvalue weighted by molar-refractivity contribution is 0.0955. The summed E-state index contributed by atoms with van der Waals surface area (Å²) in [6, 6.07) is 0.666. The van der Waals surface area contributed by atoms with Gasteiger partial charge in [0.1, 0.15) is 0 Å². The molecule has 1 saturated carbocycles. The Bertz CT molecular complexity index is 301. The molecular formula is C17H31NO. The van der Waals surface area contributed by atoms with Crippen LogP contribution < -0.4 is 5.32 Å². The molecule has 1 N–H and O–H groups in total. The maximum Gasteiger partial charge on any atom is 0.0733 e. The standard InChI is InChI=1S/C17H31NO/c1-17(2,3)13-6-4-12(5-7-13)11-18-15-10-14-8-9-16(15)19-14/h12-16,18H,4-11H2,1-3H3. The molecule has 0 amide bonds. The molecule has 1 aliphatic carbocycles. The van der Waals surface area contributed by atoms with E-state index in [0.29, 0.717) is 23.7 Å². The van der Waals surface area contributed by atoms with Crippen LogP contribution in [0.15, 0.2) is 0 Å². The van der Waals surface area contributed by atoms with Crippen molar-refractivity contribution in [1.29, 1.82) is 0 Å². The van der Waals surface area contributed by atoms with Gasteiger partial charge < -0.3 is 10.1 Å². The molecule has 3 atom stereocenters. The van der Waals surface area contributed by atoms with Crippen molar-refractivity contribution in [2.75, 3.05) is 6.54 Å². The zero-order chi connectivity index (χ0) is 13.5. The smallest absolute Gasteiger partial charge is 0.0733 e. The van der Waals surface area contributed by atoms with Crippen LogP contribution in [0.25, 0.3) is 0 Å². The van der Waals surface area contributed by atoms with Crippen LogP contribution in [0, 0.1) is 17.3 Å². The van der Waals surface area contributed by atoms with Gasteiger partial charge in [0, 0.05) is 6.04 Å². The maximum absolute atomic E-state index is 5.92. The first-order chi connectivity index (χ1) is 9.02. The molecule has 0 spiro atoms. The summed E-state index contributed by atoms with van der Waals surface area (Å²) in [5, 5.41) is 3.81. The van der Waals surface area contributed by atoms with Gasteiger partial charge in [0.15, 0.2) is 0 Å². The van der Waals surface area contributed by atoms with E-state index in [1.165, 1.54) is 51.5 Å². The second-order valence-corrected chi connectivity index (χ2v) is 8.21. The molecule has 3 rings (SSSR count). The lowest BCUT2D eigenvalue weighted by atomic mass is 9.70. The first-order valence-corrected chi connectivity index (χ1v) is 8.41. The third-order valence-corrected chi connectivity index (χ3v) is 5.85. The minimum Gasteiger partial charge on any atom is -0.373 e. The van der Waals surface area contributed by atoms with E-state index in [2.05, 4.69) is 26.1 Å². The van der Waals surface area contributed by atoms with Gasteiger partial charge in [-0.25, -0.2) is 0 Å². The molecule has 0 aromatic heterocycles. The summed E-state index contributed by atoms with van der Waals surface area (Å²) in [7, 11) is 0. The average Bonchev–Trinajstić information content (AvgIpc) is 2.98. The molecule has 110 valence electrons. The number of fused-ring (bicyclic) bond motifs is 2. The number of hydrogen-bond donors (Lipinski definition) is 1. The van der Waals surface area contributed by atoms with Gasteiger partial charge in [-0.2, -0.15) is 0 Å². The molecule has 2 bridgehead atoms. The first kappa shape index (κ1) is 13.9. The molecular weight excluding hydrogens is 234 g/mol. The van der Waals surface area contributed by atoms with E-state index in [0.717, 1.165) is 11.8 Å². The van der Waals surface area contributed by atoms with Gasteiger partial charge in [0.2, 0.25) is 0 Å². The topological polar surface area (TPSA) is 21.3 Å². The number of rotatable bonds is 3. The highest BCUT2D eigenvalue weighted by Gasteiger charge is 2.40. The molecule has 0 aromatic rings. The summed E-state index contributed by atoms with van der Waals surface area (Å²) < 4.78 is 5.92. The van der Waals surface area contributed by atoms with Gasteiger partial charge in [-0.3, -0.25) is 0 Å². The molecule has 0 radical (unpaired) electrons. The van der Waals surface area contributed by atoms with Crippen LogP contribution in [0.5, 0.6) is 0 Å². The van der Waals surface area contributed by atoms with Crippen molar-refractivity contribution >= 4 is 0 Å². The maximum atomic E-state index is 5.92. The van der Waals surface area contributed by atoms with Crippen molar-refractivity contribution in [3.8, 4) is 0 Å². The van der Waals surface area contributed by atoms with Gasteiger partial charge >= 0.3 is 0 Å². The Labute approximate surface area is 118 Å². The zero-order valence-corrected chi connectivity index (χ0v) is 13.0. The van der Waals surface area contributed by atoms with Crippen molar-refractivity contribution in [2.24, 2.45) is 17.3 Å². The molecule has 2 saturated heterocycles.